The van der Waals surface area contributed by atoms with Crippen molar-refractivity contribution in [2.24, 2.45) is 5.10 Å². The van der Waals surface area contributed by atoms with Crippen LogP contribution in [-0.2, 0) is 0 Å². The largest absolute Gasteiger partial charge is 0.322 e. The molecule has 0 aliphatic heterocycles. The lowest BCUT2D eigenvalue weighted by molar-refractivity contribution is -0.384. The van der Waals surface area contributed by atoms with Gasteiger partial charge in [0.05, 0.1) is 11.1 Å². The van der Waals surface area contributed by atoms with Gasteiger partial charge in [-0.25, -0.2) is 5.43 Å². The van der Waals surface area contributed by atoms with E-state index >= 15 is 0 Å². The summed E-state index contributed by atoms with van der Waals surface area (Å²) >= 11 is 0. The van der Waals surface area contributed by atoms with Crippen molar-refractivity contribution >= 4 is 29.4 Å². The summed E-state index contributed by atoms with van der Waals surface area (Å²) in [5, 5.41) is 17.4. The Kier molecular flexibility index (Phi) is 7.07. The highest BCUT2D eigenvalue weighted by Gasteiger charge is 2.11. The van der Waals surface area contributed by atoms with E-state index in [9.17, 15) is 19.7 Å². The van der Waals surface area contributed by atoms with E-state index in [1.807, 2.05) is 24.3 Å². The van der Waals surface area contributed by atoms with Gasteiger partial charge in [0.1, 0.15) is 0 Å². The first kappa shape index (κ1) is 22.4. The van der Waals surface area contributed by atoms with Gasteiger partial charge in [-0.05, 0) is 47.4 Å². The topological polar surface area (TPSA) is 114 Å². The molecule has 8 heteroatoms. The average Bonchev–Trinajstić information content (AvgIpc) is 2.79. The highest BCUT2D eigenvalue weighted by atomic mass is 16.6. The van der Waals surface area contributed by atoms with E-state index in [2.05, 4.69) is 29.7 Å². The van der Waals surface area contributed by atoms with Crippen LogP contribution in [0.1, 0.15) is 51.6 Å². The van der Waals surface area contributed by atoms with Crippen molar-refractivity contribution < 1.29 is 14.5 Å². The molecule has 8 nitrogen and oxygen atoms in total. The molecule has 0 aromatic heterocycles. The molecule has 0 spiro atoms. The van der Waals surface area contributed by atoms with Crippen LogP contribution in [0.25, 0.3) is 0 Å². The maximum absolute atomic E-state index is 12.4. The molecular weight excluding hydrogens is 408 g/mol. The normalized spacial score (nSPS) is 10.8. The van der Waals surface area contributed by atoms with Gasteiger partial charge in [0.25, 0.3) is 17.5 Å². The molecule has 3 aromatic rings. The zero-order valence-electron chi connectivity index (χ0n) is 17.6. The Bertz CT molecular complexity index is 1150. The van der Waals surface area contributed by atoms with Crippen LogP contribution in [-0.4, -0.2) is 23.0 Å². The number of hydrogen-bond donors (Lipinski definition) is 2. The lowest BCUT2D eigenvalue weighted by atomic mass is 10.0. The number of hydrazone groups is 1. The van der Waals surface area contributed by atoms with Gasteiger partial charge in [-0.3, -0.25) is 19.7 Å². The van der Waals surface area contributed by atoms with Crippen LogP contribution in [0.15, 0.2) is 77.9 Å². The smallest absolute Gasteiger partial charge is 0.271 e. The number of nitrogens with one attached hydrogen (secondary N) is 2. The highest BCUT2D eigenvalue weighted by Crippen LogP contribution is 2.16. The molecule has 0 fully saturated rings. The van der Waals surface area contributed by atoms with Crippen molar-refractivity contribution in [3.05, 3.63) is 105 Å². The lowest BCUT2D eigenvalue weighted by Crippen LogP contribution is -2.18. The van der Waals surface area contributed by atoms with E-state index in [0.717, 1.165) is 5.56 Å². The fourth-order valence-electron chi connectivity index (χ4n) is 2.87. The predicted molar refractivity (Wildman–Crippen MR) is 123 cm³/mol. The Morgan fingerprint density at radius 1 is 0.938 bits per heavy atom. The van der Waals surface area contributed by atoms with Crippen LogP contribution in [0, 0.1) is 10.1 Å². The summed E-state index contributed by atoms with van der Waals surface area (Å²) < 4.78 is 0. The Morgan fingerprint density at radius 2 is 1.62 bits per heavy atom. The summed E-state index contributed by atoms with van der Waals surface area (Å²) in [5.74, 6) is -0.430. The fraction of sp³-hybridized carbons (Fsp3) is 0.125. The molecule has 0 bridgehead atoms. The molecule has 0 unspecified atom stereocenters. The number of benzene rings is 3. The molecule has 32 heavy (non-hydrogen) atoms. The van der Waals surface area contributed by atoms with E-state index in [0.29, 0.717) is 17.2 Å². The minimum Gasteiger partial charge on any atom is -0.322 e. The summed E-state index contributed by atoms with van der Waals surface area (Å²) in [6.07, 6.45) is 1.56. The van der Waals surface area contributed by atoms with Gasteiger partial charge < -0.3 is 5.32 Å². The quantitative estimate of drug-likeness (QED) is 0.320. The number of carbonyl (C=O) groups excluding carboxylic acids is 2. The van der Waals surface area contributed by atoms with Crippen molar-refractivity contribution in [1.82, 2.24) is 5.43 Å². The van der Waals surface area contributed by atoms with Crippen molar-refractivity contribution in [2.45, 2.75) is 19.8 Å². The van der Waals surface area contributed by atoms with Crippen LogP contribution in [0.4, 0.5) is 11.4 Å². The third kappa shape index (κ3) is 5.85. The minimum atomic E-state index is -0.535. The van der Waals surface area contributed by atoms with Crippen LogP contribution in [0.3, 0.4) is 0 Å². The van der Waals surface area contributed by atoms with Crippen molar-refractivity contribution in [3.8, 4) is 0 Å². The Labute approximate surface area is 185 Å². The Balaban J connectivity index is 1.61. The van der Waals surface area contributed by atoms with Gasteiger partial charge in [-0.15, -0.1) is 0 Å². The first-order chi connectivity index (χ1) is 15.3. The summed E-state index contributed by atoms with van der Waals surface area (Å²) in [5.41, 5.74) is 5.44. The SMILES string of the molecule is CC(C)c1ccc(/C=N\NC(=O)c2cccc(NC(=O)c3ccc([N+](=O)[O-])cc3)c2)cc1. The molecule has 3 aromatic carbocycles. The number of anilines is 1. The first-order valence-electron chi connectivity index (χ1n) is 9.92. The third-order valence-electron chi connectivity index (χ3n) is 4.71. The monoisotopic (exact) mass is 430 g/mol. The second-order valence-electron chi connectivity index (χ2n) is 7.36. The Hall–Kier alpha value is -4.33. The summed E-state index contributed by atoms with van der Waals surface area (Å²) in [7, 11) is 0. The second kappa shape index (κ2) is 10.1. The molecule has 2 N–H and O–H groups in total. The standard InChI is InChI=1S/C24H22N4O4/c1-16(2)18-8-6-17(7-9-18)15-25-27-24(30)20-4-3-5-21(14-20)26-23(29)19-10-12-22(13-11-19)28(31)32/h3-16H,1-2H3,(H,26,29)(H,27,30)/b25-15-. The molecule has 162 valence electrons. The summed E-state index contributed by atoms with van der Waals surface area (Å²) in [4.78, 5) is 34.9. The lowest BCUT2D eigenvalue weighted by Gasteiger charge is -2.07. The fourth-order valence-corrected chi connectivity index (χ4v) is 2.87. The molecule has 0 aliphatic carbocycles. The van der Waals surface area contributed by atoms with Crippen molar-refractivity contribution in [2.75, 3.05) is 5.32 Å². The average molecular weight is 430 g/mol. The summed E-state index contributed by atoms with van der Waals surface area (Å²) in [6, 6.07) is 19.5. The van der Waals surface area contributed by atoms with E-state index in [-0.39, 0.29) is 11.3 Å². The van der Waals surface area contributed by atoms with E-state index in [4.69, 9.17) is 0 Å². The molecule has 3 rings (SSSR count). The molecule has 0 saturated heterocycles. The van der Waals surface area contributed by atoms with E-state index in [1.54, 1.807) is 24.4 Å². The first-order valence-corrected chi connectivity index (χ1v) is 9.92. The molecular formula is C24H22N4O4. The molecule has 0 radical (unpaired) electrons. The minimum absolute atomic E-state index is 0.100. The van der Waals surface area contributed by atoms with Crippen molar-refractivity contribution in [3.63, 3.8) is 0 Å². The van der Waals surface area contributed by atoms with Gasteiger partial charge in [0, 0.05) is 28.9 Å². The maximum atomic E-state index is 12.4. The third-order valence-corrected chi connectivity index (χ3v) is 4.71. The number of nitro benzene ring substituents is 1. The predicted octanol–water partition coefficient (Wildman–Crippen LogP) is 4.73. The molecule has 0 saturated carbocycles. The van der Waals surface area contributed by atoms with Crippen LogP contribution in [0.5, 0.6) is 0 Å². The number of nitrogens with zero attached hydrogens (tertiary/aromatic N) is 2. The second-order valence-corrected chi connectivity index (χ2v) is 7.36. The molecule has 0 heterocycles. The zero-order valence-corrected chi connectivity index (χ0v) is 17.6. The van der Waals surface area contributed by atoms with Crippen LogP contribution < -0.4 is 10.7 Å². The molecule has 0 atom stereocenters. The van der Waals surface area contributed by atoms with E-state index in [1.165, 1.54) is 35.9 Å². The number of hydrogen-bond acceptors (Lipinski definition) is 5. The van der Waals surface area contributed by atoms with Crippen LogP contribution >= 0.6 is 0 Å². The number of amides is 2. The van der Waals surface area contributed by atoms with Gasteiger partial charge in [-0.1, -0.05) is 44.2 Å². The number of carbonyl (C=O) groups is 2. The van der Waals surface area contributed by atoms with Gasteiger partial charge in [-0.2, -0.15) is 5.10 Å². The van der Waals surface area contributed by atoms with Crippen molar-refractivity contribution in [1.29, 1.82) is 0 Å². The number of nitro groups is 1. The molecule has 2 amide bonds. The number of rotatable bonds is 7. The zero-order chi connectivity index (χ0) is 23.1. The molecule has 0 aliphatic rings. The van der Waals surface area contributed by atoms with Gasteiger partial charge in [0.15, 0.2) is 0 Å². The number of non-ortho nitro benzene ring substituents is 1. The van der Waals surface area contributed by atoms with Gasteiger partial charge >= 0.3 is 0 Å². The Morgan fingerprint density at radius 3 is 2.25 bits per heavy atom. The summed E-state index contributed by atoms with van der Waals surface area (Å²) in [6.45, 7) is 4.23. The maximum Gasteiger partial charge on any atom is 0.271 e. The highest BCUT2D eigenvalue weighted by molar-refractivity contribution is 6.05. The van der Waals surface area contributed by atoms with Crippen LogP contribution in [0.2, 0.25) is 0 Å². The van der Waals surface area contributed by atoms with Gasteiger partial charge in [0.2, 0.25) is 0 Å². The van der Waals surface area contributed by atoms with E-state index < -0.39 is 16.7 Å².